The fraction of sp³-hybridized carbons (Fsp3) is 0.429. The van der Waals surface area contributed by atoms with Crippen LogP contribution in [0.5, 0.6) is 0 Å². The van der Waals surface area contributed by atoms with Crippen molar-refractivity contribution in [1.82, 2.24) is 9.97 Å². The Hall–Kier alpha value is -3.42. The van der Waals surface area contributed by atoms with Gasteiger partial charge in [0, 0.05) is 5.92 Å². The summed E-state index contributed by atoms with van der Waals surface area (Å²) in [5, 5.41) is 2.33. The number of aromatic amines is 1. The van der Waals surface area contributed by atoms with E-state index in [9.17, 15) is 4.79 Å². The lowest BCUT2D eigenvalue weighted by molar-refractivity contribution is -0.160. The maximum absolute atomic E-state index is 12.8. The number of hydrogen-bond donors (Lipinski definition) is 1. The number of esters is 1. The lowest BCUT2D eigenvalue weighted by Crippen LogP contribution is -2.41. The van der Waals surface area contributed by atoms with E-state index in [-0.39, 0.29) is 36.1 Å². The molecule has 1 aliphatic heterocycles. The summed E-state index contributed by atoms with van der Waals surface area (Å²) >= 11 is 0. The minimum atomic E-state index is -0.484. The van der Waals surface area contributed by atoms with Crippen molar-refractivity contribution in [3.8, 4) is 22.4 Å². The maximum Gasteiger partial charge on any atom is 0.494 e. The summed E-state index contributed by atoms with van der Waals surface area (Å²) in [5.41, 5.74) is 4.16. The maximum atomic E-state index is 12.8. The van der Waals surface area contributed by atoms with Gasteiger partial charge in [0.25, 0.3) is 0 Å². The predicted molar refractivity (Wildman–Crippen MR) is 169 cm³/mol. The normalized spacial score (nSPS) is 21.6. The van der Waals surface area contributed by atoms with Gasteiger partial charge in [0.2, 0.25) is 0 Å². The summed E-state index contributed by atoms with van der Waals surface area (Å²) in [6, 6.07) is 21.5. The molecule has 7 heteroatoms. The molecule has 1 saturated heterocycles. The third-order valence-electron chi connectivity index (χ3n) is 9.09. The van der Waals surface area contributed by atoms with E-state index in [1.165, 1.54) is 5.39 Å². The number of H-pyrrole nitrogens is 1. The van der Waals surface area contributed by atoms with E-state index in [4.69, 9.17) is 14.0 Å². The van der Waals surface area contributed by atoms with E-state index in [1.807, 2.05) is 27.0 Å². The second kappa shape index (κ2) is 10.4. The molecule has 0 amide bonds. The van der Waals surface area contributed by atoms with E-state index in [0.29, 0.717) is 0 Å². The van der Waals surface area contributed by atoms with Gasteiger partial charge in [-0.2, -0.15) is 0 Å². The number of nitrogens with one attached hydrogen (secondary N) is 1. The zero-order valence-corrected chi connectivity index (χ0v) is 25.8. The number of rotatable bonds is 5. The highest BCUT2D eigenvalue weighted by atomic mass is 16.7. The van der Waals surface area contributed by atoms with Gasteiger partial charge in [0.05, 0.1) is 29.0 Å². The van der Waals surface area contributed by atoms with Gasteiger partial charge in [0.15, 0.2) is 0 Å². The number of aromatic nitrogens is 2. The van der Waals surface area contributed by atoms with Crippen LogP contribution in [-0.4, -0.2) is 39.9 Å². The molecule has 0 radical (unpaired) electrons. The second-order valence-electron chi connectivity index (χ2n) is 13.8. The minimum Gasteiger partial charge on any atom is -0.460 e. The van der Waals surface area contributed by atoms with Crippen LogP contribution in [0.25, 0.3) is 33.2 Å². The van der Waals surface area contributed by atoms with Crippen molar-refractivity contribution in [1.29, 1.82) is 0 Å². The van der Waals surface area contributed by atoms with Crippen molar-refractivity contribution in [3.63, 3.8) is 0 Å². The summed E-state index contributed by atoms with van der Waals surface area (Å²) in [6.45, 7) is 14.1. The molecule has 1 saturated carbocycles. The zero-order chi connectivity index (χ0) is 29.9. The standard InChI is InChI=1S/C35H41BN2O4/c1-33(2,3)40-32(39)29-10-8-9-28(29)31-37-21-30(38-31)23-13-11-22(12-14-23)24-15-16-26-20-27(18-17-25(26)19-24)36-41-34(4,5)35(6,7)42-36/h11-21,28-29H,8-10H2,1-7H3,(H,37,38)/t28-,29?/m1/s1. The summed E-state index contributed by atoms with van der Waals surface area (Å²) in [7, 11) is -0.369. The van der Waals surface area contributed by atoms with Gasteiger partial charge in [-0.1, -0.05) is 61.0 Å². The molecule has 42 heavy (non-hydrogen) atoms. The largest absolute Gasteiger partial charge is 0.494 e. The Morgan fingerprint density at radius 2 is 1.50 bits per heavy atom. The molecular weight excluding hydrogens is 523 g/mol. The van der Waals surface area contributed by atoms with E-state index >= 15 is 0 Å². The first kappa shape index (κ1) is 28.7. The Morgan fingerprint density at radius 1 is 0.881 bits per heavy atom. The Kier molecular flexibility index (Phi) is 7.10. The molecule has 2 fully saturated rings. The molecule has 2 heterocycles. The average molecular weight is 565 g/mol. The SMILES string of the molecule is CC(C)(C)OC(=O)C1CCC[C@H]1c1ncc(-c2ccc(-c3ccc4cc(B5OC(C)(C)C(C)(C)O5)ccc4c3)cc2)[nH]1. The highest BCUT2D eigenvalue weighted by molar-refractivity contribution is 6.62. The molecule has 3 aromatic carbocycles. The van der Waals surface area contributed by atoms with Crippen LogP contribution in [0.15, 0.2) is 66.9 Å². The molecule has 6 nitrogen and oxygen atoms in total. The van der Waals surface area contributed by atoms with Crippen molar-refractivity contribution < 1.29 is 18.8 Å². The smallest absolute Gasteiger partial charge is 0.460 e. The molecule has 1 aliphatic carbocycles. The van der Waals surface area contributed by atoms with Crippen LogP contribution in [0.1, 0.15) is 79.5 Å². The fourth-order valence-electron chi connectivity index (χ4n) is 6.03. The van der Waals surface area contributed by atoms with Crippen LogP contribution < -0.4 is 5.46 Å². The monoisotopic (exact) mass is 564 g/mol. The van der Waals surface area contributed by atoms with E-state index < -0.39 is 5.60 Å². The van der Waals surface area contributed by atoms with Gasteiger partial charge in [0.1, 0.15) is 11.4 Å². The highest BCUT2D eigenvalue weighted by Gasteiger charge is 2.51. The summed E-state index contributed by atoms with van der Waals surface area (Å²) in [5.74, 6) is 0.672. The number of benzene rings is 3. The second-order valence-corrected chi connectivity index (χ2v) is 13.8. The number of ether oxygens (including phenoxy) is 1. The number of carbonyl (C=O) groups excluding carboxylic acids is 1. The number of hydrogen-bond acceptors (Lipinski definition) is 5. The van der Waals surface area contributed by atoms with Gasteiger partial charge in [-0.05, 0) is 100 Å². The quantitative estimate of drug-likeness (QED) is 0.202. The van der Waals surface area contributed by atoms with Crippen molar-refractivity contribution in [3.05, 3.63) is 72.7 Å². The summed E-state index contributed by atoms with van der Waals surface area (Å²) in [6.07, 6.45) is 4.67. The van der Waals surface area contributed by atoms with Crippen molar-refractivity contribution in [2.75, 3.05) is 0 Å². The minimum absolute atomic E-state index is 0.0655. The molecule has 2 atom stereocenters. The van der Waals surface area contributed by atoms with Gasteiger partial charge in [-0.3, -0.25) is 4.79 Å². The molecule has 1 unspecified atom stereocenters. The molecule has 1 aromatic heterocycles. The molecule has 6 rings (SSSR count). The molecule has 1 N–H and O–H groups in total. The lowest BCUT2D eigenvalue weighted by Gasteiger charge is -2.32. The van der Waals surface area contributed by atoms with Crippen LogP contribution in [0.3, 0.4) is 0 Å². The van der Waals surface area contributed by atoms with Gasteiger partial charge < -0.3 is 19.0 Å². The Morgan fingerprint density at radius 3 is 2.19 bits per heavy atom. The number of carbonyl (C=O) groups is 1. The first-order valence-corrected chi connectivity index (χ1v) is 15.1. The Labute approximate surface area is 249 Å². The van der Waals surface area contributed by atoms with E-state index in [0.717, 1.165) is 58.3 Å². The van der Waals surface area contributed by atoms with Crippen molar-refractivity contribution in [2.45, 2.75) is 90.4 Å². The van der Waals surface area contributed by atoms with Crippen LogP contribution in [0.2, 0.25) is 0 Å². The molecule has 0 spiro atoms. The van der Waals surface area contributed by atoms with E-state index in [2.05, 4.69) is 98.3 Å². The zero-order valence-electron chi connectivity index (χ0n) is 25.8. The first-order chi connectivity index (χ1) is 19.8. The molecular formula is C35H41BN2O4. The van der Waals surface area contributed by atoms with Crippen LogP contribution in [0, 0.1) is 5.92 Å². The van der Waals surface area contributed by atoms with Crippen molar-refractivity contribution in [2.24, 2.45) is 5.92 Å². The molecule has 4 aromatic rings. The third-order valence-corrected chi connectivity index (χ3v) is 9.09. The Balaban J connectivity index is 1.17. The topological polar surface area (TPSA) is 73.4 Å². The summed E-state index contributed by atoms with van der Waals surface area (Å²) in [4.78, 5) is 21.0. The Bertz CT molecular complexity index is 1600. The van der Waals surface area contributed by atoms with Crippen LogP contribution in [0.4, 0.5) is 0 Å². The van der Waals surface area contributed by atoms with Crippen LogP contribution in [-0.2, 0) is 18.8 Å². The predicted octanol–water partition coefficient (Wildman–Crippen LogP) is 7.42. The number of nitrogens with zero attached hydrogens (tertiary/aromatic N) is 1. The molecule has 0 bridgehead atoms. The van der Waals surface area contributed by atoms with Gasteiger partial charge in [-0.15, -0.1) is 0 Å². The van der Waals surface area contributed by atoms with Crippen LogP contribution >= 0.6 is 0 Å². The van der Waals surface area contributed by atoms with Crippen molar-refractivity contribution >= 4 is 29.3 Å². The average Bonchev–Trinajstić information content (AvgIpc) is 3.65. The molecule has 218 valence electrons. The number of imidazole rings is 1. The lowest BCUT2D eigenvalue weighted by atomic mass is 9.78. The summed E-state index contributed by atoms with van der Waals surface area (Å²) < 4.78 is 18.2. The van der Waals surface area contributed by atoms with E-state index in [1.54, 1.807) is 0 Å². The fourth-order valence-corrected chi connectivity index (χ4v) is 6.03. The highest BCUT2D eigenvalue weighted by Crippen LogP contribution is 2.41. The van der Waals surface area contributed by atoms with Gasteiger partial charge >= 0.3 is 13.1 Å². The third kappa shape index (κ3) is 5.52. The molecule has 2 aliphatic rings. The number of fused-ring (bicyclic) bond motifs is 1. The van der Waals surface area contributed by atoms with Gasteiger partial charge in [-0.25, -0.2) is 4.98 Å². The first-order valence-electron chi connectivity index (χ1n) is 15.1.